The Morgan fingerprint density at radius 3 is 2.57 bits per heavy atom. The first kappa shape index (κ1) is 18.1. The molecule has 28 heavy (non-hydrogen) atoms. The summed E-state index contributed by atoms with van der Waals surface area (Å²) in [7, 11) is -2.74. The summed E-state index contributed by atoms with van der Waals surface area (Å²) >= 11 is 0. The number of methoxy groups -OCH3 is 1. The third-order valence-corrected chi connectivity index (χ3v) is 5.78. The van der Waals surface area contributed by atoms with Gasteiger partial charge >= 0.3 is 0 Å². The molecule has 0 aliphatic heterocycles. The van der Waals surface area contributed by atoms with Gasteiger partial charge < -0.3 is 13.6 Å². The first-order valence-electron chi connectivity index (χ1n) is 8.43. The number of furan rings is 1. The standard InChI is InChI=1S/C20H17NO6S/c1-11-5-4-6-13(9-11)21-28(23,24)20-18-14(7-8-26-18)17(25-3)16-15(22)10-12(2)27-19(16)20/h4-10,21H,1-3H3. The van der Waals surface area contributed by atoms with Crippen LogP contribution in [-0.2, 0) is 10.0 Å². The SMILES string of the molecule is COc1c2ccoc2c(S(=O)(=O)Nc2cccc(C)c2)c2oc(C)cc(=O)c12. The summed E-state index contributed by atoms with van der Waals surface area (Å²) in [4.78, 5) is 12.4. The number of sulfonamides is 1. The summed E-state index contributed by atoms with van der Waals surface area (Å²) in [6.07, 6.45) is 1.34. The zero-order valence-corrected chi connectivity index (χ0v) is 16.2. The van der Waals surface area contributed by atoms with Crippen LogP contribution in [0.1, 0.15) is 11.3 Å². The average molecular weight is 399 g/mol. The second-order valence-corrected chi connectivity index (χ2v) is 8.05. The van der Waals surface area contributed by atoms with Crippen molar-refractivity contribution in [2.45, 2.75) is 18.7 Å². The molecule has 144 valence electrons. The van der Waals surface area contributed by atoms with Gasteiger partial charge in [0.2, 0.25) is 0 Å². The Bertz CT molecular complexity index is 1380. The second kappa shape index (κ2) is 6.42. The second-order valence-electron chi connectivity index (χ2n) is 6.43. The zero-order valence-electron chi connectivity index (χ0n) is 15.4. The lowest BCUT2D eigenvalue weighted by Gasteiger charge is -2.13. The summed E-state index contributed by atoms with van der Waals surface area (Å²) < 4.78 is 45.6. The van der Waals surface area contributed by atoms with Crippen molar-refractivity contribution in [3.05, 3.63) is 64.2 Å². The van der Waals surface area contributed by atoms with Crippen LogP contribution in [0.5, 0.6) is 5.75 Å². The lowest BCUT2D eigenvalue weighted by atomic mass is 10.1. The lowest BCUT2D eigenvalue weighted by molar-refractivity contribution is 0.422. The van der Waals surface area contributed by atoms with Crippen molar-refractivity contribution < 1.29 is 22.0 Å². The fourth-order valence-corrected chi connectivity index (χ4v) is 4.59. The first-order chi connectivity index (χ1) is 13.3. The van der Waals surface area contributed by atoms with Crippen LogP contribution in [0.2, 0.25) is 0 Å². The molecule has 0 aliphatic rings. The molecular formula is C20H17NO6S. The van der Waals surface area contributed by atoms with Crippen LogP contribution in [0.15, 0.2) is 61.2 Å². The maximum Gasteiger partial charge on any atom is 0.269 e. The third kappa shape index (κ3) is 2.82. The van der Waals surface area contributed by atoms with Crippen LogP contribution >= 0.6 is 0 Å². The molecule has 8 heteroatoms. The molecule has 0 fully saturated rings. The van der Waals surface area contributed by atoms with Gasteiger partial charge in [0.25, 0.3) is 10.0 Å². The molecule has 1 N–H and O–H groups in total. The van der Waals surface area contributed by atoms with Crippen LogP contribution in [0.25, 0.3) is 21.9 Å². The Hall–Kier alpha value is -3.26. The Balaban J connectivity index is 2.10. The predicted octanol–water partition coefficient (Wildman–Crippen LogP) is 3.97. The highest BCUT2D eigenvalue weighted by molar-refractivity contribution is 7.93. The molecule has 0 saturated carbocycles. The normalized spacial score (nSPS) is 11.8. The number of benzene rings is 2. The average Bonchev–Trinajstić information content (AvgIpc) is 3.07. The van der Waals surface area contributed by atoms with E-state index in [2.05, 4.69) is 4.72 Å². The van der Waals surface area contributed by atoms with Gasteiger partial charge in [0, 0.05) is 11.8 Å². The highest BCUT2D eigenvalue weighted by Gasteiger charge is 2.30. The van der Waals surface area contributed by atoms with E-state index in [1.54, 1.807) is 31.2 Å². The highest BCUT2D eigenvalue weighted by atomic mass is 32.2. The van der Waals surface area contributed by atoms with Gasteiger partial charge in [-0.2, -0.15) is 0 Å². The molecule has 0 atom stereocenters. The Morgan fingerprint density at radius 2 is 1.86 bits per heavy atom. The molecule has 0 radical (unpaired) electrons. The van der Waals surface area contributed by atoms with Gasteiger partial charge in [0.1, 0.15) is 16.9 Å². The van der Waals surface area contributed by atoms with E-state index < -0.39 is 15.5 Å². The summed E-state index contributed by atoms with van der Waals surface area (Å²) in [6.45, 7) is 3.43. The number of fused-ring (bicyclic) bond motifs is 2. The van der Waals surface area contributed by atoms with Crippen molar-refractivity contribution >= 4 is 37.6 Å². The molecule has 0 aliphatic carbocycles. The van der Waals surface area contributed by atoms with Crippen molar-refractivity contribution in [1.29, 1.82) is 0 Å². The van der Waals surface area contributed by atoms with E-state index in [9.17, 15) is 13.2 Å². The van der Waals surface area contributed by atoms with E-state index in [0.29, 0.717) is 11.1 Å². The molecule has 2 aromatic heterocycles. The Morgan fingerprint density at radius 1 is 1.07 bits per heavy atom. The van der Waals surface area contributed by atoms with Gasteiger partial charge in [-0.3, -0.25) is 9.52 Å². The number of aryl methyl sites for hydroxylation is 2. The van der Waals surface area contributed by atoms with Gasteiger partial charge in [-0.05, 0) is 37.6 Å². The Kier molecular flexibility index (Phi) is 4.15. The van der Waals surface area contributed by atoms with Crippen molar-refractivity contribution in [3.8, 4) is 5.75 Å². The van der Waals surface area contributed by atoms with Gasteiger partial charge in [-0.25, -0.2) is 8.42 Å². The summed E-state index contributed by atoms with van der Waals surface area (Å²) in [5.41, 5.74) is 0.831. The maximum atomic E-state index is 13.3. The largest absolute Gasteiger partial charge is 0.495 e. The van der Waals surface area contributed by atoms with Crippen molar-refractivity contribution in [2.24, 2.45) is 0 Å². The van der Waals surface area contributed by atoms with E-state index in [4.69, 9.17) is 13.6 Å². The van der Waals surface area contributed by atoms with Crippen molar-refractivity contribution in [3.63, 3.8) is 0 Å². The Labute approximate surface area is 160 Å². The van der Waals surface area contributed by atoms with E-state index >= 15 is 0 Å². The number of hydrogen-bond acceptors (Lipinski definition) is 6. The van der Waals surface area contributed by atoms with Crippen LogP contribution in [0.4, 0.5) is 5.69 Å². The van der Waals surface area contributed by atoms with Crippen LogP contribution in [-0.4, -0.2) is 15.5 Å². The topological polar surface area (TPSA) is 98.8 Å². The highest BCUT2D eigenvalue weighted by Crippen LogP contribution is 2.40. The molecule has 4 rings (SSSR count). The predicted molar refractivity (Wildman–Crippen MR) is 106 cm³/mol. The molecular weight excluding hydrogens is 382 g/mol. The molecule has 0 amide bonds. The minimum absolute atomic E-state index is 0.0478. The van der Waals surface area contributed by atoms with E-state index in [-0.39, 0.29) is 33.0 Å². The first-order valence-corrected chi connectivity index (χ1v) is 9.91. The maximum absolute atomic E-state index is 13.3. The van der Waals surface area contributed by atoms with Crippen LogP contribution in [0, 0.1) is 13.8 Å². The zero-order chi connectivity index (χ0) is 20.1. The molecule has 2 aromatic carbocycles. The van der Waals surface area contributed by atoms with Crippen molar-refractivity contribution in [2.75, 3.05) is 11.8 Å². The van der Waals surface area contributed by atoms with Crippen molar-refractivity contribution in [1.82, 2.24) is 0 Å². The van der Waals surface area contributed by atoms with Gasteiger partial charge in [-0.1, -0.05) is 12.1 Å². The van der Waals surface area contributed by atoms with E-state index in [1.165, 1.54) is 19.4 Å². The molecule has 4 aromatic rings. The van der Waals surface area contributed by atoms with Gasteiger partial charge in [0.05, 0.1) is 18.8 Å². The molecule has 0 unspecified atom stereocenters. The lowest BCUT2D eigenvalue weighted by Crippen LogP contribution is -2.15. The minimum Gasteiger partial charge on any atom is -0.495 e. The molecule has 7 nitrogen and oxygen atoms in total. The number of rotatable bonds is 4. The fraction of sp³-hybridized carbons (Fsp3) is 0.150. The van der Waals surface area contributed by atoms with E-state index in [0.717, 1.165) is 5.56 Å². The van der Waals surface area contributed by atoms with Gasteiger partial charge in [-0.15, -0.1) is 0 Å². The number of hydrogen-bond donors (Lipinski definition) is 1. The molecule has 0 spiro atoms. The molecule has 0 bridgehead atoms. The monoisotopic (exact) mass is 399 g/mol. The summed E-state index contributed by atoms with van der Waals surface area (Å²) in [5.74, 6) is 0.486. The van der Waals surface area contributed by atoms with Crippen LogP contribution < -0.4 is 14.9 Å². The van der Waals surface area contributed by atoms with Gasteiger partial charge in [0.15, 0.2) is 21.5 Å². The molecule has 0 saturated heterocycles. The number of ether oxygens (including phenoxy) is 1. The van der Waals surface area contributed by atoms with Crippen LogP contribution in [0.3, 0.4) is 0 Å². The summed E-state index contributed by atoms with van der Waals surface area (Å²) in [6, 6.07) is 9.78. The molecule has 2 heterocycles. The number of nitrogens with one attached hydrogen (secondary N) is 1. The number of anilines is 1. The minimum atomic E-state index is -4.14. The summed E-state index contributed by atoms with van der Waals surface area (Å²) in [5, 5.41) is 0.419. The van der Waals surface area contributed by atoms with E-state index in [1.807, 2.05) is 13.0 Å². The fourth-order valence-electron chi connectivity index (χ4n) is 3.26. The third-order valence-electron chi connectivity index (χ3n) is 4.36. The smallest absolute Gasteiger partial charge is 0.269 e. The quantitative estimate of drug-likeness (QED) is 0.558.